The maximum Gasteiger partial charge on any atom is 0.338 e. The van der Waals surface area contributed by atoms with Gasteiger partial charge in [0.2, 0.25) is 6.29 Å². The van der Waals surface area contributed by atoms with Crippen LogP contribution >= 0.6 is 0 Å². The van der Waals surface area contributed by atoms with Gasteiger partial charge in [-0.05, 0) is 24.3 Å². The van der Waals surface area contributed by atoms with Crippen LogP contribution in [0.4, 0.5) is 15.8 Å². The molecule has 0 amide bonds. The predicted octanol–water partition coefficient (Wildman–Crippen LogP) is 4.54. The highest BCUT2D eigenvalue weighted by Crippen LogP contribution is 2.37. The summed E-state index contributed by atoms with van der Waals surface area (Å²) in [6.45, 7) is 1.82. The number of nitrogens with zero attached hydrogens (tertiary/aromatic N) is 2. The summed E-state index contributed by atoms with van der Waals surface area (Å²) in [6.07, 6.45) is -0.686. The molecule has 3 aromatic rings. The first-order valence-electron chi connectivity index (χ1n) is 11.4. The molecule has 3 aromatic carbocycles. The molecule has 2 heterocycles. The Kier molecular flexibility index (Phi) is 6.79. The molecule has 0 N–H and O–H groups in total. The van der Waals surface area contributed by atoms with E-state index in [9.17, 15) is 19.3 Å². The molecule has 5 rings (SSSR count). The number of carbonyl (C=O) groups is 1. The maximum atomic E-state index is 14.2. The largest absolute Gasteiger partial charge is 0.460 e. The maximum absolute atomic E-state index is 14.2. The standard InChI is InChI=1S/C26H23FN2O7/c27-21-12-19(24-20(13-21)16-35-26(36-24)17-4-2-1-3-5-17)15-34-25(30)18-6-7-22(23(14-18)29(31)32)28-8-10-33-11-9-28/h1-7,12-14,26H,8-11,15-16H2. The second kappa shape index (κ2) is 10.3. The summed E-state index contributed by atoms with van der Waals surface area (Å²) in [4.78, 5) is 25.8. The molecular formula is C26H23FN2O7. The molecule has 1 fully saturated rings. The highest BCUT2D eigenvalue weighted by molar-refractivity contribution is 5.91. The monoisotopic (exact) mass is 494 g/mol. The molecule has 10 heteroatoms. The van der Waals surface area contributed by atoms with Gasteiger partial charge in [0.15, 0.2) is 0 Å². The fourth-order valence-electron chi connectivity index (χ4n) is 4.25. The third-order valence-electron chi connectivity index (χ3n) is 6.01. The van der Waals surface area contributed by atoms with Crippen molar-refractivity contribution < 1.29 is 33.1 Å². The average molecular weight is 494 g/mol. The number of fused-ring (bicyclic) bond motifs is 1. The number of esters is 1. The molecule has 0 aliphatic carbocycles. The van der Waals surface area contributed by atoms with Gasteiger partial charge >= 0.3 is 5.97 Å². The Hall–Kier alpha value is -4.02. The summed E-state index contributed by atoms with van der Waals surface area (Å²) >= 11 is 0. The zero-order chi connectivity index (χ0) is 25.1. The number of nitro benzene ring substituents is 1. The first-order chi connectivity index (χ1) is 17.5. The van der Waals surface area contributed by atoms with Crippen LogP contribution < -0.4 is 9.64 Å². The summed E-state index contributed by atoms with van der Waals surface area (Å²) < 4.78 is 36.7. The lowest BCUT2D eigenvalue weighted by Crippen LogP contribution is -2.36. The summed E-state index contributed by atoms with van der Waals surface area (Å²) in [5.74, 6) is -0.898. The van der Waals surface area contributed by atoms with Crippen molar-refractivity contribution in [3.8, 4) is 5.75 Å². The molecule has 0 saturated carbocycles. The average Bonchev–Trinajstić information content (AvgIpc) is 2.92. The molecule has 0 aromatic heterocycles. The highest BCUT2D eigenvalue weighted by Gasteiger charge is 2.27. The number of morpholine rings is 1. The van der Waals surface area contributed by atoms with Crippen molar-refractivity contribution in [1.29, 1.82) is 0 Å². The minimum atomic E-state index is -0.767. The van der Waals surface area contributed by atoms with Crippen molar-refractivity contribution in [3.63, 3.8) is 0 Å². The van der Waals surface area contributed by atoms with Gasteiger partial charge in [-0.25, -0.2) is 9.18 Å². The molecule has 1 atom stereocenters. The van der Waals surface area contributed by atoms with Crippen LogP contribution in [-0.4, -0.2) is 37.2 Å². The van der Waals surface area contributed by atoms with Gasteiger partial charge in [0, 0.05) is 35.8 Å². The van der Waals surface area contributed by atoms with Gasteiger partial charge in [-0.3, -0.25) is 10.1 Å². The van der Waals surface area contributed by atoms with E-state index < -0.39 is 23.0 Å². The molecule has 36 heavy (non-hydrogen) atoms. The number of hydrogen-bond acceptors (Lipinski definition) is 8. The molecular weight excluding hydrogens is 471 g/mol. The number of anilines is 1. The summed E-state index contributed by atoms with van der Waals surface area (Å²) in [5.41, 5.74) is 1.87. The van der Waals surface area contributed by atoms with E-state index in [2.05, 4.69) is 0 Å². The van der Waals surface area contributed by atoms with Crippen LogP contribution in [0.1, 0.15) is 33.3 Å². The van der Waals surface area contributed by atoms with Gasteiger partial charge < -0.3 is 23.8 Å². The molecule has 0 radical (unpaired) electrons. The Labute approximate surface area is 206 Å². The topological polar surface area (TPSA) is 100 Å². The molecule has 9 nitrogen and oxygen atoms in total. The molecule has 186 valence electrons. The van der Waals surface area contributed by atoms with E-state index >= 15 is 0 Å². The van der Waals surface area contributed by atoms with E-state index in [1.165, 1.54) is 30.3 Å². The number of carbonyl (C=O) groups excluding carboxylic acids is 1. The Balaban J connectivity index is 1.34. The minimum absolute atomic E-state index is 0.0235. The minimum Gasteiger partial charge on any atom is -0.460 e. The van der Waals surface area contributed by atoms with Crippen molar-refractivity contribution >= 4 is 17.3 Å². The van der Waals surface area contributed by atoms with Gasteiger partial charge in [0.1, 0.15) is 23.9 Å². The molecule has 0 spiro atoms. The first-order valence-corrected chi connectivity index (χ1v) is 11.4. The van der Waals surface area contributed by atoms with Crippen LogP contribution in [0.5, 0.6) is 5.75 Å². The SMILES string of the molecule is O=C(OCc1cc(F)cc2c1OC(c1ccccc1)OC2)c1ccc(N2CCOCC2)c([N+](=O)[O-])c1. The highest BCUT2D eigenvalue weighted by atomic mass is 19.1. The second-order valence-corrected chi connectivity index (χ2v) is 8.36. The summed E-state index contributed by atoms with van der Waals surface area (Å²) in [6, 6.07) is 16.1. The van der Waals surface area contributed by atoms with Crippen molar-refractivity contribution in [2.45, 2.75) is 19.5 Å². The van der Waals surface area contributed by atoms with Crippen molar-refractivity contribution in [2.75, 3.05) is 31.2 Å². The third kappa shape index (κ3) is 5.00. The third-order valence-corrected chi connectivity index (χ3v) is 6.01. The number of ether oxygens (including phenoxy) is 4. The van der Waals surface area contributed by atoms with E-state index in [1.807, 2.05) is 35.2 Å². The molecule has 2 aliphatic rings. The quantitative estimate of drug-likeness (QED) is 0.280. The van der Waals surface area contributed by atoms with Crippen LogP contribution in [-0.2, 0) is 27.4 Å². The summed E-state index contributed by atoms with van der Waals surface area (Å²) in [7, 11) is 0. The molecule has 1 saturated heterocycles. The number of benzene rings is 3. The van der Waals surface area contributed by atoms with Crippen LogP contribution in [0.2, 0.25) is 0 Å². The number of rotatable bonds is 6. The van der Waals surface area contributed by atoms with Crippen LogP contribution in [0.25, 0.3) is 0 Å². The lowest BCUT2D eigenvalue weighted by atomic mass is 10.1. The van der Waals surface area contributed by atoms with Crippen LogP contribution in [0.15, 0.2) is 60.7 Å². The molecule has 2 aliphatic heterocycles. The van der Waals surface area contributed by atoms with E-state index in [0.29, 0.717) is 48.9 Å². The van der Waals surface area contributed by atoms with Gasteiger partial charge in [0.25, 0.3) is 5.69 Å². The Bertz CT molecular complexity index is 1280. The Morgan fingerprint density at radius 3 is 2.64 bits per heavy atom. The number of hydrogen-bond donors (Lipinski definition) is 0. The normalized spacial score (nSPS) is 17.1. The van der Waals surface area contributed by atoms with Gasteiger partial charge in [-0.1, -0.05) is 30.3 Å². The van der Waals surface area contributed by atoms with Gasteiger partial charge in [0.05, 0.1) is 30.3 Å². The number of halogens is 1. The predicted molar refractivity (Wildman–Crippen MR) is 126 cm³/mol. The Morgan fingerprint density at radius 2 is 1.89 bits per heavy atom. The molecule has 1 unspecified atom stereocenters. The lowest BCUT2D eigenvalue weighted by molar-refractivity contribution is -0.384. The van der Waals surface area contributed by atoms with Crippen molar-refractivity contribution in [2.24, 2.45) is 0 Å². The van der Waals surface area contributed by atoms with E-state index in [-0.39, 0.29) is 24.5 Å². The van der Waals surface area contributed by atoms with Crippen molar-refractivity contribution in [3.05, 3.63) is 98.8 Å². The van der Waals surface area contributed by atoms with Crippen LogP contribution in [0, 0.1) is 15.9 Å². The van der Waals surface area contributed by atoms with E-state index in [4.69, 9.17) is 18.9 Å². The first kappa shape index (κ1) is 23.7. The smallest absolute Gasteiger partial charge is 0.338 e. The summed E-state index contributed by atoms with van der Waals surface area (Å²) in [5, 5.41) is 11.7. The van der Waals surface area contributed by atoms with Gasteiger partial charge in [-0.2, -0.15) is 0 Å². The van der Waals surface area contributed by atoms with E-state index in [1.54, 1.807) is 0 Å². The van der Waals surface area contributed by atoms with Crippen molar-refractivity contribution in [1.82, 2.24) is 0 Å². The Morgan fingerprint density at radius 1 is 1.11 bits per heavy atom. The fraction of sp³-hybridized carbons (Fsp3) is 0.269. The van der Waals surface area contributed by atoms with Gasteiger partial charge in [-0.15, -0.1) is 0 Å². The fourth-order valence-corrected chi connectivity index (χ4v) is 4.25. The lowest BCUT2D eigenvalue weighted by Gasteiger charge is -2.28. The zero-order valence-electron chi connectivity index (χ0n) is 19.2. The molecule has 0 bridgehead atoms. The zero-order valence-corrected chi connectivity index (χ0v) is 19.2. The second-order valence-electron chi connectivity index (χ2n) is 8.36. The number of nitro groups is 1. The van der Waals surface area contributed by atoms with Crippen LogP contribution in [0.3, 0.4) is 0 Å². The van der Waals surface area contributed by atoms with E-state index in [0.717, 1.165) is 5.56 Å².